The lowest BCUT2D eigenvalue weighted by atomic mass is 10.2. The second-order valence-electron chi connectivity index (χ2n) is 3.32. The second-order valence-corrected chi connectivity index (χ2v) is 3.32. The van der Waals surface area contributed by atoms with E-state index in [1.165, 1.54) is 6.92 Å². The van der Waals surface area contributed by atoms with Crippen molar-refractivity contribution >= 4 is 17.4 Å². The zero-order chi connectivity index (χ0) is 12.7. The Kier molecular flexibility index (Phi) is 5.00. The molecule has 0 aromatic heterocycles. The third kappa shape index (κ3) is 4.14. The summed E-state index contributed by atoms with van der Waals surface area (Å²) in [6, 6.07) is 7.71. The van der Waals surface area contributed by atoms with Gasteiger partial charge in [0.25, 0.3) is 0 Å². The van der Waals surface area contributed by atoms with E-state index in [0.29, 0.717) is 5.69 Å². The number of nitrogens with zero attached hydrogens (tertiary/aromatic N) is 2. The Morgan fingerprint density at radius 2 is 1.94 bits per heavy atom. The molecule has 0 radical (unpaired) electrons. The van der Waals surface area contributed by atoms with Crippen LogP contribution in [0.5, 0.6) is 0 Å². The number of rotatable bonds is 5. The predicted molar refractivity (Wildman–Crippen MR) is 62.1 cm³/mol. The maximum Gasteiger partial charge on any atom is 0.340 e. The number of ketones is 1. The number of hydrogen-bond acceptors (Lipinski definition) is 5. The Morgan fingerprint density at radius 3 is 2.47 bits per heavy atom. The number of ether oxygens (including phenoxy) is 1. The number of esters is 1. The number of carbonyl (C=O) groups is 2. The Morgan fingerprint density at radius 1 is 1.29 bits per heavy atom. The molecule has 0 N–H and O–H groups in total. The third-order valence-electron chi connectivity index (χ3n) is 1.94. The molecule has 0 amide bonds. The standard InChI is InChI=1S/C12H14N2O3/c1-3-17-12(16)11(9(2)15)14-13-10-7-5-4-6-8-10/h4-8,11H,3H2,1-2H3/b14-13+. The molecule has 5 nitrogen and oxygen atoms in total. The second kappa shape index (κ2) is 6.52. The normalized spacial score (nSPS) is 12.4. The highest BCUT2D eigenvalue weighted by Gasteiger charge is 2.24. The van der Waals surface area contributed by atoms with Gasteiger partial charge >= 0.3 is 5.97 Å². The van der Waals surface area contributed by atoms with Gasteiger partial charge in [0.15, 0.2) is 5.78 Å². The van der Waals surface area contributed by atoms with E-state index in [-0.39, 0.29) is 12.4 Å². The molecule has 0 bridgehead atoms. The number of carbonyl (C=O) groups excluding carboxylic acids is 2. The topological polar surface area (TPSA) is 68.1 Å². The number of azo groups is 1. The molecule has 1 aromatic carbocycles. The maximum atomic E-state index is 11.4. The Balaban J connectivity index is 2.77. The van der Waals surface area contributed by atoms with Gasteiger partial charge in [-0.2, -0.15) is 10.2 Å². The average Bonchev–Trinajstić information content (AvgIpc) is 2.30. The summed E-state index contributed by atoms with van der Waals surface area (Å²) >= 11 is 0. The molecular weight excluding hydrogens is 220 g/mol. The van der Waals surface area contributed by atoms with E-state index in [9.17, 15) is 9.59 Å². The summed E-state index contributed by atoms with van der Waals surface area (Å²) in [7, 11) is 0. The molecule has 0 saturated heterocycles. The van der Waals surface area contributed by atoms with Crippen molar-refractivity contribution in [2.24, 2.45) is 10.2 Å². The van der Waals surface area contributed by atoms with Gasteiger partial charge < -0.3 is 4.74 Å². The first-order valence-corrected chi connectivity index (χ1v) is 5.28. The molecule has 5 heteroatoms. The van der Waals surface area contributed by atoms with Crippen molar-refractivity contribution in [3.05, 3.63) is 30.3 Å². The summed E-state index contributed by atoms with van der Waals surface area (Å²) in [6.07, 6.45) is 0. The molecule has 0 aliphatic heterocycles. The molecule has 1 aromatic rings. The van der Waals surface area contributed by atoms with Gasteiger partial charge in [-0.3, -0.25) is 4.79 Å². The first-order chi connectivity index (χ1) is 8.15. The molecule has 17 heavy (non-hydrogen) atoms. The Labute approximate surface area is 99.5 Å². The quantitative estimate of drug-likeness (QED) is 0.446. The lowest BCUT2D eigenvalue weighted by Gasteiger charge is -2.06. The van der Waals surface area contributed by atoms with Gasteiger partial charge in [-0.1, -0.05) is 18.2 Å². The van der Waals surface area contributed by atoms with Crippen LogP contribution in [0.25, 0.3) is 0 Å². The van der Waals surface area contributed by atoms with E-state index in [0.717, 1.165) is 0 Å². The largest absolute Gasteiger partial charge is 0.464 e. The predicted octanol–water partition coefficient (Wildman–Crippen LogP) is 2.29. The summed E-state index contributed by atoms with van der Waals surface area (Å²) in [5, 5.41) is 7.55. The van der Waals surface area contributed by atoms with Crippen molar-refractivity contribution in [3.63, 3.8) is 0 Å². The Hall–Kier alpha value is -2.04. The molecule has 1 rings (SSSR count). The molecule has 1 unspecified atom stereocenters. The van der Waals surface area contributed by atoms with Gasteiger partial charge in [0, 0.05) is 0 Å². The van der Waals surface area contributed by atoms with Crippen molar-refractivity contribution in [1.29, 1.82) is 0 Å². The third-order valence-corrected chi connectivity index (χ3v) is 1.94. The minimum absolute atomic E-state index is 0.212. The van der Waals surface area contributed by atoms with Crippen molar-refractivity contribution in [2.45, 2.75) is 19.9 Å². The average molecular weight is 234 g/mol. The van der Waals surface area contributed by atoms with E-state index in [2.05, 4.69) is 10.2 Å². The highest BCUT2D eigenvalue weighted by molar-refractivity contribution is 6.02. The molecule has 0 aliphatic carbocycles. The lowest BCUT2D eigenvalue weighted by Crippen LogP contribution is -2.28. The van der Waals surface area contributed by atoms with Gasteiger partial charge in [-0.05, 0) is 26.0 Å². The van der Waals surface area contributed by atoms with Crippen molar-refractivity contribution in [2.75, 3.05) is 6.61 Å². The first kappa shape index (κ1) is 13.0. The highest BCUT2D eigenvalue weighted by Crippen LogP contribution is 2.12. The van der Waals surface area contributed by atoms with E-state index in [4.69, 9.17) is 4.74 Å². The molecule has 0 heterocycles. The van der Waals surface area contributed by atoms with E-state index < -0.39 is 12.0 Å². The van der Waals surface area contributed by atoms with Gasteiger partial charge in [0.1, 0.15) is 0 Å². The minimum Gasteiger partial charge on any atom is -0.464 e. The highest BCUT2D eigenvalue weighted by atomic mass is 16.5. The zero-order valence-electron chi connectivity index (χ0n) is 9.79. The number of benzene rings is 1. The van der Waals surface area contributed by atoms with Gasteiger partial charge in [-0.15, -0.1) is 0 Å². The lowest BCUT2D eigenvalue weighted by molar-refractivity contribution is -0.147. The summed E-state index contributed by atoms with van der Waals surface area (Å²) in [6.45, 7) is 3.17. The first-order valence-electron chi connectivity index (χ1n) is 5.28. The van der Waals surface area contributed by atoms with Crippen LogP contribution in [0.4, 0.5) is 5.69 Å². The van der Waals surface area contributed by atoms with E-state index in [1.807, 2.05) is 6.07 Å². The van der Waals surface area contributed by atoms with Crippen molar-refractivity contribution in [3.8, 4) is 0 Å². The zero-order valence-corrected chi connectivity index (χ0v) is 9.79. The van der Waals surface area contributed by atoms with Crippen LogP contribution in [0.3, 0.4) is 0 Å². The fourth-order valence-corrected chi connectivity index (χ4v) is 1.13. The van der Waals surface area contributed by atoms with Crippen LogP contribution < -0.4 is 0 Å². The van der Waals surface area contributed by atoms with Crippen LogP contribution in [0.2, 0.25) is 0 Å². The van der Waals surface area contributed by atoms with Gasteiger partial charge in [-0.25, -0.2) is 4.79 Å². The van der Waals surface area contributed by atoms with Crippen molar-refractivity contribution in [1.82, 2.24) is 0 Å². The summed E-state index contributed by atoms with van der Waals surface area (Å²) in [5.41, 5.74) is 0.586. The fraction of sp³-hybridized carbons (Fsp3) is 0.333. The molecule has 0 fully saturated rings. The molecule has 90 valence electrons. The van der Waals surface area contributed by atoms with Crippen LogP contribution in [-0.4, -0.2) is 24.4 Å². The molecule has 0 saturated carbocycles. The maximum absolute atomic E-state index is 11.4. The molecular formula is C12H14N2O3. The van der Waals surface area contributed by atoms with Crippen LogP contribution >= 0.6 is 0 Å². The monoisotopic (exact) mass is 234 g/mol. The molecule has 0 spiro atoms. The number of hydrogen-bond donors (Lipinski definition) is 0. The summed E-state index contributed by atoms with van der Waals surface area (Å²) in [5.74, 6) is -1.05. The summed E-state index contributed by atoms with van der Waals surface area (Å²) in [4.78, 5) is 22.6. The fourth-order valence-electron chi connectivity index (χ4n) is 1.13. The SMILES string of the molecule is CCOC(=O)C(/N=N/c1ccccc1)C(C)=O. The van der Waals surface area contributed by atoms with Crippen LogP contribution in [-0.2, 0) is 14.3 Å². The van der Waals surface area contributed by atoms with Crippen LogP contribution in [0.15, 0.2) is 40.6 Å². The minimum atomic E-state index is -1.17. The molecule has 1 atom stereocenters. The Bertz CT molecular complexity index is 415. The van der Waals surface area contributed by atoms with E-state index in [1.54, 1.807) is 31.2 Å². The van der Waals surface area contributed by atoms with Crippen LogP contribution in [0.1, 0.15) is 13.8 Å². The van der Waals surface area contributed by atoms with E-state index >= 15 is 0 Å². The summed E-state index contributed by atoms with van der Waals surface area (Å²) < 4.78 is 4.74. The van der Waals surface area contributed by atoms with Gasteiger partial charge in [0.2, 0.25) is 6.04 Å². The smallest absolute Gasteiger partial charge is 0.340 e. The molecule has 0 aliphatic rings. The number of Topliss-reactive ketones (excluding diaryl/α,β-unsaturated/α-hetero) is 1. The van der Waals surface area contributed by atoms with Crippen LogP contribution in [0, 0.1) is 0 Å². The van der Waals surface area contributed by atoms with Gasteiger partial charge in [0.05, 0.1) is 12.3 Å². The van der Waals surface area contributed by atoms with Crippen molar-refractivity contribution < 1.29 is 14.3 Å².